The summed E-state index contributed by atoms with van der Waals surface area (Å²) in [5.41, 5.74) is 3.07. The first kappa shape index (κ1) is 15.3. The maximum Gasteiger partial charge on any atom is 0.273 e. The Hall–Kier alpha value is -1.65. The third kappa shape index (κ3) is 2.57. The van der Waals surface area contributed by atoms with E-state index in [0.29, 0.717) is 12.2 Å². The normalized spacial score (nSPS) is 22.1. The number of aryl methyl sites for hydroxylation is 2. The average molecular weight is 320 g/mol. The fraction of sp³-hybridized carbons (Fsp3) is 0.412. The molecule has 1 unspecified atom stereocenters. The number of nitrogens with zero attached hydrogens (tertiary/aromatic N) is 1. The summed E-state index contributed by atoms with van der Waals surface area (Å²) in [5.74, 6) is -0.741. The number of ether oxygens (including phenoxy) is 1. The van der Waals surface area contributed by atoms with Crippen LogP contribution in [0.3, 0.4) is 0 Å². The Morgan fingerprint density at radius 3 is 2.68 bits per heavy atom. The minimum absolute atomic E-state index is 0.00921. The fourth-order valence-corrected chi connectivity index (χ4v) is 3.32. The van der Waals surface area contributed by atoms with Crippen molar-refractivity contribution in [1.29, 1.82) is 0 Å². The second kappa shape index (κ2) is 5.86. The molecule has 2 heterocycles. The molecule has 116 valence electrons. The molecule has 2 aliphatic heterocycles. The third-order valence-corrected chi connectivity index (χ3v) is 4.52. The summed E-state index contributed by atoms with van der Waals surface area (Å²) in [6, 6.07) is 5.75. The molecule has 2 aliphatic rings. The summed E-state index contributed by atoms with van der Waals surface area (Å²) in [6.07, 6.45) is 1.76. The van der Waals surface area contributed by atoms with Crippen LogP contribution in [0.5, 0.6) is 0 Å². The summed E-state index contributed by atoms with van der Waals surface area (Å²) in [7, 11) is 0. The van der Waals surface area contributed by atoms with Gasteiger partial charge < -0.3 is 4.74 Å². The SMILES string of the molecule is Cc1ccc(C2=C(Cl)C(=O)N(CC3CCCO3)C2=O)c(C)c1. The molecule has 0 saturated carbocycles. The molecule has 4 nitrogen and oxygen atoms in total. The fourth-order valence-electron chi connectivity index (χ4n) is 3.03. The number of halogens is 1. The first-order valence-corrected chi connectivity index (χ1v) is 7.82. The summed E-state index contributed by atoms with van der Waals surface area (Å²) in [4.78, 5) is 26.2. The Morgan fingerprint density at radius 1 is 1.27 bits per heavy atom. The van der Waals surface area contributed by atoms with Crippen LogP contribution in [0.1, 0.15) is 29.5 Å². The van der Waals surface area contributed by atoms with Crippen molar-refractivity contribution in [3.8, 4) is 0 Å². The highest BCUT2D eigenvalue weighted by Crippen LogP contribution is 2.34. The van der Waals surface area contributed by atoms with Gasteiger partial charge in [0, 0.05) is 6.61 Å². The molecular weight excluding hydrogens is 302 g/mol. The van der Waals surface area contributed by atoms with E-state index in [4.69, 9.17) is 16.3 Å². The van der Waals surface area contributed by atoms with Crippen molar-refractivity contribution in [2.24, 2.45) is 0 Å². The van der Waals surface area contributed by atoms with E-state index in [1.165, 1.54) is 4.90 Å². The van der Waals surface area contributed by atoms with Gasteiger partial charge >= 0.3 is 0 Å². The van der Waals surface area contributed by atoms with Gasteiger partial charge in [0.1, 0.15) is 5.03 Å². The molecule has 1 saturated heterocycles. The smallest absolute Gasteiger partial charge is 0.273 e. The Bertz CT molecular complexity index is 674. The zero-order chi connectivity index (χ0) is 15.9. The van der Waals surface area contributed by atoms with Crippen LogP contribution < -0.4 is 0 Å². The molecule has 1 atom stereocenters. The molecule has 0 spiro atoms. The number of hydrogen-bond acceptors (Lipinski definition) is 3. The van der Waals surface area contributed by atoms with Crippen molar-refractivity contribution in [3.05, 3.63) is 39.9 Å². The third-order valence-electron chi connectivity index (χ3n) is 4.17. The Balaban J connectivity index is 1.91. The van der Waals surface area contributed by atoms with Gasteiger partial charge in [-0.2, -0.15) is 0 Å². The number of carbonyl (C=O) groups is 2. The van der Waals surface area contributed by atoms with Crippen molar-refractivity contribution in [2.75, 3.05) is 13.2 Å². The van der Waals surface area contributed by atoms with Crippen LogP contribution >= 0.6 is 11.6 Å². The van der Waals surface area contributed by atoms with Crippen molar-refractivity contribution in [3.63, 3.8) is 0 Å². The van der Waals surface area contributed by atoms with E-state index in [1.807, 2.05) is 32.0 Å². The Labute approximate surface area is 134 Å². The number of carbonyl (C=O) groups excluding carboxylic acids is 2. The quantitative estimate of drug-likeness (QED) is 0.805. The van der Waals surface area contributed by atoms with Gasteiger partial charge in [0.25, 0.3) is 11.8 Å². The minimum atomic E-state index is -0.419. The molecule has 1 aromatic rings. The monoisotopic (exact) mass is 319 g/mol. The minimum Gasteiger partial charge on any atom is -0.376 e. The van der Waals surface area contributed by atoms with Crippen molar-refractivity contribution in [1.82, 2.24) is 4.90 Å². The molecule has 0 aliphatic carbocycles. The van der Waals surface area contributed by atoms with E-state index in [2.05, 4.69) is 0 Å². The van der Waals surface area contributed by atoms with Crippen LogP contribution in [0.2, 0.25) is 0 Å². The molecule has 3 rings (SSSR count). The molecular formula is C17H18ClNO3. The number of amides is 2. The zero-order valence-corrected chi connectivity index (χ0v) is 13.4. The van der Waals surface area contributed by atoms with Gasteiger partial charge in [0.2, 0.25) is 0 Å². The number of rotatable bonds is 3. The zero-order valence-electron chi connectivity index (χ0n) is 12.7. The van der Waals surface area contributed by atoms with E-state index in [1.54, 1.807) is 0 Å². The van der Waals surface area contributed by atoms with Gasteiger partial charge in [-0.3, -0.25) is 14.5 Å². The predicted molar refractivity (Wildman–Crippen MR) is 84.4 cm³/mol. The largest absolute Gasteiger partial charge is 0.376 e. The Morgan fingerprint density at radius 2 is 2.05 bits per heavy atom. The highest BCUT2D eigenvalue weighted by molar-refractivity contribution is 6.55. The second-order valence-electron chi connectivity index (χ2n) is 5.86. The molecule has 5 heteroatoms. The lowest BCUT2D eigenvalue weighted by molar-refractivity contribution is -0.138. The van der Waals surface area contributed by atoms with Gasteiger partial charge in [-0.25, -0.2) is 0 Å². The standard InChI is InChI=1S/C17H18ClNO3/c1-10-5-6-13(11(2)8-10)14-15(18)17(21)19(16(14)20)9-12-4-3-7-22-12/h5-6,8,12H,3-4,7,9H2,1-2H3. The van der Waals surface area contributed by atoms with E-state index >= 15 is 0 Å². The first-order valence-electron chi connectivity index (χ1n) is 7.44. The maximum absolute atomic E-state index is 12.7. The molecule has 0 aromatic heterocycles. The van der Waals surface area contributed by atoms with Gasteiger partial charge in [0.05, 0.1) is 18.2 Å². The number of benzene rings is 1. The van der Waals surface area contributed by atoms with Crippen LogP contribution in [0, 0.1) is 13.8 Å². The molecule has 0 N–H and O–H groups in total. The predicted octanol–water partition coefficient (Wildman–Crippen LogP) is 2.80. The lowest BCUT2D eigenvalue weighted by atomic mass is 9.99. The van der Waals surface area contributed by atoms with E-state index < -0.39 is 5.91 Å². The van der Waals surface area contributed by atoms with E-state index in [-0.39, 0.29) is 23.6 Å². The summed E-state index contributed by atoms with van der Waals surface area (Å²) < 4.78 is 5.52. The molecule has 22 heavy (non-hydrogen) atoms. The van der Waals surface area contributed by atoms with Crippen molar-refractivity contribution >= 4 is 29.0 Å². The van der Waals surface area contributed by atoms with E-state index in [0.717, 1.165) is 29.5 Å². The molecule has 1 fully saturated rings. The lowest BCUT2D eigenvalue weighted by Crippen LogP contribution is -2.37. The molecule has 0 bridgehead atoms. The summed E-state index contributed by atoms with van der Waals surface area (Å²) >= 11 is 6.18. The van der Waals surface area contributed by atoms with Gasteiger partial charge in [-0.1, -0.05) is 35.4 Å². The van der Waals surface area contributed by atoms with Crippen LogP contribution in [0.25, 0.3) is 5.57 Å². The van der Waals surface area contributed by atoms with Crippen LogP contribution in [0.4, 0.5) is 0 Å². The van der Waals surface area contributed by atoms with Crippen LogP contribution in [-0.4, -0.2) is 36.0 Å². The van der Waals surface area contributed by atoms with Gasteiger partial charge in [0.15, 0.2) is 0 Å². The number of imide groups is 1. The van der Waals surface area contributed by atoms with Crippen LogP contribution in [-0.2, 0) is 14.3 Å². The molecule has 0 radical (unpaired) electrons. The number of hydrogen-bond donors (Lipinski definition) is 0. The first-order chi connectivity index (χ1) is 10.5. The van der Waals surface area contributed by atoms with Crippen molar-refractivity contribution < 1.29 is 14.3 Å². The Kier molecular flexibility index (Phi) is 4.06. The topological polar surface area (TPSA) is 46.6 Å². The molecule has 1 aromatic carbocycles. The van der Waals surface area contributed by atoms with E-state index in [9.17, 15) is 9.59 Å². The lowest BCUT2D eigenvalue weighted by Gasteiger charge is -2.19. The highest BCUT2D eigenvalue weighted by Gasteiger charge is 2.40. The molecule has 2 amide bonds. The van der Waals surface area contributed by atoms with Gasteiger partial charge in [-0.15, -0.1) is 0 Å². The summed E-state index contributed by atoms with van der Waals surface area (Å²) in [6.45, 7) is 4.87. The maximum atomic E-state index is 12.7. The second-order valence-corrected chi connectivity index (χ2v) is 6.24. The van der Waals surface area contributed by atoms with Crippen molar-refractivity contribution in [2.45, 2.75) is 32.8 Å². The summed E-state index contributed by atoms with van der Waals surface area (Å²) in [5, 5.41) is 0.00921. The average Bonchev–Trinajstić information content (AvgIpc) is 3.05. The van der Waals surface area contributed by atoms with Crippen LogP contribution in [0.15, 0.2) is 23.2 Å². The highest BCUT2D eigenvalue weighted by atomic mass is 35.5. The van der Waals surface area contributed by atoms with Gasteiger partial charge in [-0.05, 0) is 37.8 Å².